The van der Waals surface area contributed by atoms with Gasteiger partial charge in [0, 0.05) is 24.3 Å². The minimum absolute atomic E-state index is 0. The van der Waals surface area contributed by atoms with Crippen molar-refractivity contribution in [3.05, 3.63) is 39.4 Å². The molecule has 0 radical (unpaired) electrons. The molecule has 0 saturated heterocycles. The molecule has 56 valence electrons. The number of nitro benzene ring substituents is 1. The Morgan fingerprint density at radius 2 is 1.83 bits per heavy atom. The molecule has 0 bridgehead atoms. The Kier molecular flexibility index (Phi) is 4.44. The zero-order valence-electron chi connectivity index (χ0n) is 5.47. The average Bonchev–Trinajstić information content (AvgIpc) is 2.05. The van der Waals surface area contributed by atoms with E-state index in [2.05, 4.69) is 4.98 Å². The van der Waals surface area contributed by atoms with E-state index in [1.54, 1.807) is 0 Å². The number of diazo groups is 1. The summed E-state index contributed by atoms with van der Waals surface area (Å²) in [6.07, 6.45) is 0. The molecule has 0 aliphatic heterocycles. The zero-order valence-corrected chi connectivity index (χ0v) is 5.47. The van der Waals surface area contributed by atoms with Gasteiger partial charge in [0.15, 0.2) is 4.98 Å². The SMILES string of the molecule is N#[N+]c1ccc([N+](=O)[O-])cc1.[NaH]. The van der Waals surface area contributed by atoms with Crippen molar-refractivity contribution in [2.24, 2.45) is 0 Å². The molecule has 1 rings (SSSR count). The molecule has 1 aromatic rings. The molecular weight excluding hydrogens is 169 g/mol. The predicted molar refractivity (Wildman–Crippen MR) is 45.0 cm³/mol. The van der Waals surface area contributed by atoms with Crippen LogP contribution in [0, 0.1) is 15.5 Å². The molecule has 5 nitrogen and oxygen atoms in total. The third-order valence-electron chi connectivity index (χ3n) is 1.18. The second kappa shape index (κ2) is 4.83. The van der Waals surface area contributed by atoms with Gasteiger partial charge >= 0.3 is 35.2 Å². The van der Waals surface area contributed by atoms with Gasteiger partial charge in [-0.05, 0) is 0 Å². The van der Waals surface area contributed by atoms with Gasteiger partial charge in [-0.25, -0.2) is 0 Å². The van der Waals surface area contributed by atoms with Crippen LogP contribution in [0.2, 0.25) is 0 Å². The third-order valence-corrected chi connectivity index (χ3v) is 1.18. The van der Waals surface area contributed by atoms with Crippen molar-refractivity contribution in [1.29, 1.82) is 5.39 Å². The van der Waals surface area contributed by atoms with Gasteiger partial charge in [0.25, 0.3) is 5.69 Å². The molecule has 0 unspecified atom stereocenters. The van der Waals surface area contributed by atoms with Crippen molar-refractivity contribution < 1.29 is 4.92 Å². The number of hydrogen-bond donors (Lipinski definition) is 0. The van der Waals surface area contributed by atoms with Gasteiger partial charge in [-0.3, -0.25) is 10.1 Å². The van der Waals surface area contributed by atoms with Crippen molar-refractivity contribution in [2.45, 2.75) is 0 Å². The molecule has 0 atom stereocenters. The van der Waals surface area contributed by atoms with Crippen molar-refractivity contribution in [3.8, 4) is 0 Å². The summed E-state index contributed by atoms with van der Waals surface area (Å²) >= 11 is 0. The minimum atomic E-state index is -0.513. The summed E-state index contributed by atoms with van der Waals surface area (Å²) in [4.78, 5) is 12.4. The first kappa shape index (κ1) is 11.0. The molecule has 0 aliphatic rings. The molecule has 6 heteroatoms. The van der Waals surface area contributed by atoms with Crippen molar-refractivity contribution in [2.75, 3.05) is 0 Å². The summed E-state index contributed by atoms with van der Waals surface area (Å²) in [5.41, 5.74) is 0.285. The monoisotopic (exact) mass is 174 g/mol. The first-order valence-corrected chi connectivity index (χ1v) is 2.83. The van der Waals surface area contributed by atoms with Crippen LogP contribution in [0.25, 0.3) is 4.98 Å². The van der Waals surface area contributed by atoms with Crippen LogP contribution >= 0.6 is 0 Å². The van der Waals surface area contributed by atoms with Crippen LogP contribution in [0.4, 0.5) is 11.4 Å². The zero-order chi connectivity index (χ0) is 8.27. The Bertz CT molecular complexity index is 317. The summed E-state index contributed by atoms with van der Waals surface area (Å²) in [7, 11) is 0. The van der Waals surface area contributed by atoms with E-state index in [0.29, 0.717) is 5.69 Å². The number of non-ortho nitro benzene ring substituents is 1. The van der Waals surface area contributed by atoms with Gasteiger partial charge in [-0.15, -0.1) is 0 Å². The topological polar surface area (TPSA) is 71.3 Å². The van der Waals surface area contributed by atoms with Crippen LogP contribution in [0.3, 0.4) is 0 Å². The quantitative estimate of drug-likeness (QED) is 0.280. The van der Waals surface area contributed by atoms with Gasteiger partial charge in [-0.1, -0.05) is 0 Å². The van der Waals surface area contributed by atoms with E-state index in [9.17, 15) is 10.1 Å². The Morgan fingerprint density at radius 1 is 1.33 bits per heavy atom. The second-order valence-corrected chi connectivity index (χ2v) is 1.87. The fraction of sp³-hybridized carbons (Fsp3) is 0. The Hall–Kier alpha value is -0.960. The number of rotatable bonds is 1. The third kappa shape index (κ3) is 2.58. The summed E-state index contributed by atoms with van der Waals surface area (Å²) in [6, 6.07) is 5.26. The van der Waals surface area contributed by atoms with Crippen molar-refractivity contribution in [1.82, 2.24) is 0 Å². The van der Waals surface area contributed by atoms with Crippen LogP contribution in [0.1, 0.15) is 0 Å². The van der Waals surface area contributed by atoms with E-state index in [4.69, 9.17) is 5.39 Å². The number of nitrogens with zero attached hydrogens (tertiary/aromatic N) is 3. The van der Waals surface area contributed by atoms with E-state index in [0.717, 1.165) is 0 Å². The van der Waals surface area contributed by atoms with Crippen LogP contribution in [-0.2, 0) is 0 Å². The molecule has 0 amide bonds. The normalized spacial score (nSPS) is 7.92. The standard InChI is InChI=1S/C6H4N3O2.Na.H/c7-8-5-1-3-6(4-2-5)9(10)11;;/h1-4H;;/q+1;;. The van der Waals surface area contributed by atoms with E-state index in [-0.39, 0.29) is 35.2 Å². The summed E-state index contributed by atoms with van der Waals surface area (Å²) in [6.45, 7) is 0. The molecular formula is C6H5N3NaO2+. The van der Waals surface area contributed by atoms with Crippen molar-refractivity contribution in [3.63, 3.8) is 0 Å². The van der Waals surface area contributed by atoms with Crippen molar-refractivity contribution >= 4 is 40.9 Å². The van der Waals surface area contributed by atoms with Crippen LogP contribution in [0.5, 0.6) is 0 Å². The number of hydrogen-bond acceptors (Lipinski definition) is 3. The van der Waals surface area contributed by atoms with Crippen LogP contribution < -0.4 is 0 Å². The summed E-state index contributed by atoms with van der Waals surface area (Å²) in [5.74, 6) is 0. The fourth-order valence-electron chi connectivity index (χ4n) is 0.641. The van der Waals surface area contributed by atoms with Gasteiger partial charge in [0.05, 0.1) is 4.92 Å². The molecule has 0 N–H and O–H groups in total. The van der Waals surface area contributed by atoms with E-state index in [1.807, 2.05) is 0 Å². The Morgan fingerprint density at radius 3 is 2.17 bits per heavy atom. The summed E-state index contributed by atoms with van der Waals surface area (Å²) < 4.78 is 0. The predicted octanol–water partition coefficient (Wildman–Crippen LogP) is 1.43. The van der Waals surface area contributed by atoms with Gasteiger partial charge < -0.3 is 0 Å². The average molecular weight is 174 g/mol. The Balaban J connectivity index is 0.00000121. The second-order valence-electron chi connectivity index (χ2n) is 1.87. The fourth-order valence-corrected chi connectivity index (χ4v) is 0.641. The van der Waals surface area contributed by atoms with Gasteiger partial charge in [0.2, 0.25) is 5.39 Å². The molecule has 12 heavy (non-hydrogen) atoms. The summed E-state index contributed by atoms with van der Waals surface area (Å²) in [5, 5.41) is 18.3. The number of benzene rings is 1. The molecule has 0 heterocycles. The van der Waals surface area contributed by atoms with Gasteiger partial charge in [-0.2, -0.15) is 0 Å². The van der Waals surface area contributed by atoms with Crippen LogP contribution in [-0.4, -0.2) is 34.5 Å². The van der Waals surface area contributed by atoms with Crippen LogP contribution in [0.15, 0.2) is 24.3 Å². The Labute approximate surface area is 90.5 Å². The molecule has 0 saturated carbocycles. The van der Waals surface area contributed by atoms with Gasteiger partial charge in [0.1, 0.15) is 0 Å². The van der Waals surface area contributed by atoms with E-state index in [1.165, 1.54) is 24.3 Å². The molecule has 0 fully saturated rings. The maximum atomic E-state index is 10.1. The maximum absolute atomic E-state index is 10.1. The molecule has 0 aliphatic carbocycles. The molecule has 0 aromatic heterocycles. The first-order chi connectivity index (χ1) is 5.24. The molecule has 1 aromatic carbocycles. The van der Waals surface area contributed by atoms with E-state index < -0.39 is 4.92 Å². The molecule has 0 spiro atoms. The first-order valence-electron chi connectivity index (χ1n) is 2.83. The number of nitro groups is 1. The van der Waals surface area contributed by atoms with E-state index >= 15 is 0 Å².